The molecular weight excluding hydrogens is 252 g/mol. The van der Waals surface area contributed by atoms with E-state index >= 15 is 0 Å². The Hall–Kier alpha value is -1.69. The van der Waals surface area contributed by atoms with Crippen molar-refractivity contribution in [2.45, 2.75) is 31.7 Å². The van der Waals surface area contributed by atoms with Gasteiger partial charge in [0.05, 0.1) is 11.4 Å². The Morgan fingerprint density at radius 3 is 2.90 bits per heavy atom. The summed E-state index contributed by atoms with van der Waals surface area (Å²) >= 11 is 0. The van der Waals surface area contributed by atoms with Gasteiger partial charge in [0.15, 0.2) is 5.65 Å². The molecule has 2 aromatic heterocycles. The number of hydrogen-bond donors (Lipinski definition) is 1. The van der Waals surface area contributed by atoms with E-state index < -0.39 is 0 Å². The molecule has 0 aliphatic heterocycles. The first-order valence-electron chi connectivity index (χ1n) is 7.33. The van der Waals surface area contributed by atoms with E-state index in [0.717, 1.165) is 24.1 Å². The second-order valence-corrected chi connectivity index (χ2v) is 5.75. The monoisotopic (exact) mass is 274 g/mol. The number of anilines is 1. The molecule has 1 aliphatic rings. The molecule has 2 aromatic rings. The van der Waals surface area contributed by atoms with Gasteiger partial charge in [0.25, 0.3) is 0 Å². The van der Waals surface area contributed by atoms with Gasteiger partial charge in [-0.1, -0.05) is 12.8 Å². The molecule has 1 N–H and O–H groups in total. The number of nitrogens with zero attached hydrogens (tertiary/aromatic N) is 5. The lowest BCUT2D eigenvalue weighted by molar-refractivity contribution is 0.425. The lowest BCUT2D eigenvalue weighted by Crippen LogP contribution is -2.21. The fraction of sp³-hybridized carbons (Fsp3) is 0.643. The number of rotatable bonds is 5. The van der Waals surface area contributed by atoms with E-state index in [0.29, 0.717) is 12.0 Å². The van der Waals surface area contributed by atoms with Crippen LogP contribution >= 0.6 is 0 Å². The van der Waals surface area contributed by atoms with Crippen LogP contribution in [-0.4, -0.2) is 51.8 Å². The summed E-state index contributed by atoms with van der Waals surface area (Å²) < 4.78 is 2.08. The molecule has 0 saturated heterocycles. The third-order valence-corrected chi connectivity index (χ3v) is 3.82. The first-order chi connectivity index (χ1) is 9.72. The van der Waals surface area contributed by atoms with Crippen molar-refractivity contribution in [2.24, 2.45) is 0 Å². The molecule has 108 valence electrons. The number of aromatic nitrogens is 4. The van der Waals surface area contributed by atoms with Crippen molar-refractivity contribution >= 4 is 17.0 Å². The largest absolute Gasteiger partial charge is 0.353 e. The Morgan fingerprint density at radius 1 is 1.35 bits per heavy atom. The van der Waals surface area contributed by atoms with Crippen molar-refractivity contribution in [1.29, 1.82) is 0 Å². The standard InChI is InChI=1S/C14H22N6/c1-19(2)8-7-15-14-16-9-11-10-20(18-13(11)17-14)12-5-3-4-6-12/h9-10,12H,3-8H2,1-2H3,(H,15,17,18). The van der Waals surface area contributed by atoms with Crippen molar-refractivity contribution < 1.29 is 0 Å². The quantitative estimate of drug-likeness (QED) is 0.902. The zero-order chi connectivity index (χ0) is 13.9. The maximum atomic E-state index is 4.61. The van der Waals surface area contributed by atoms with Gasteiger partial charge in [-0.25, -0.2) is 4.98 Å². The van der Waals surface area contributed by atoms with Crippen molar-refractivity contribution in [2.75, 3.05) is 32.5 Å². The molecule has 0 spiro atoms. The highest BCUT2D eigenvalue weighted by Gasteiger charge is 2.18. The molecule has 0 bridgehead atoms. The molecule has 3 rings (SSSR count). The summed E-state index contributed by atoms with van der Waals surface area (Å²) in [5.74, 6) is 0.663. The SMILES string of the molecule is CN(C)CCNc1ncc2cn(C3CCCC3)nc2n1. The molecular formula is C14H22N6. The molecule has 0 aromatic carbocycles. The van der Waals surface area contributed by atoms with Gasteiger partial charge in [-0.2, -0.15) is 10.1 Å². The fourth-order valence-corrected chi connectivity index (χ4v) is 2.67. The lowest BCUT2D eigenvalue weighted by atomic mass is 10.3. The van der Waals surface area contributed by atoms with Crippen LogP contribution in [0.1, 0.15) is 31.7 Å². The van der Waals surface area contributed by atoms with Crippen molar-refractivity contribution in [3.05, 3.63) is 12.4 Å². The van der Waals surface area contributed by atoms with Gasteiger partial charge in [-0.15, -0.1) is 0 Å². The van der Waals surface area contributed by atoms with Gasteiger partial charge < -0.3 is 10.2 Å². The molecule has 1 aliphatic carbocycles. The number of likely N-dealkylation sites (N-methyl/N-ethyl adjacent to an activating group) is 1. The second kappa shape index (κ2) is 5.75. The van der Waals surface area contributed by atoms with Crippen LogP contribution in [0.25, 0.3) is 11.0 Å². The minimum atomic E-state index is 0.550. The van der Waals surface area contributed by atoms with E-state index in [1.807, 2.05) is 6.20 Å². The van der Waals surface area contributed by atoms with Crippen molar-refractivity contribution in [3.8, 4) is 0 Å². The zero-order valence-corrected chi connectivity index (χ0v) is 12.2. The summed E-state index contributed by atoms with van der Waals surface area (Å²) in [7, 11) is 4.10. The highest BCUT2D eigenvalue weighted by Crippen LogP contribution is 2.29. The molecule has 0 amide bonds. The summed E-state index contributed by atoms with van der Waals surface area (Å²) in [6.45, 7) is 1.79. The van der Waals surface area contributed by atoms with E-state index in [9.17, 15) is 0 Å². The molecule has 1 fully saturated rings. The molecule has 0 atom stereocenters. The third kappa shape index (κ3) is 2.90. The van der Waals surface area contributed by atoms with Crippen LogP contribution in [0.5, 0.6) is 0 Å². The van der Waals surface area contributed by atoms with Gasteiger partial charge >= 0.3 is 0 Å². The van der Waals surface area contributed by atoms with Crippen LogP contribution in [-0.2, 0) is 0 Å². The van der Waals surface area contributed by atoms with Gasteiger partial charge in [-0.3, -0.25) is 4.68 Å². The normalized spacial score (nSPS) is 16.4. The van der Waals surface area contributed by atoms with Crippen LogP contribution in [0, 0.1) is 0 Å². The van der Waals surface area contributed by atoms with Crippen LogP contribution in [0.15, 0.2) is 12.4 Å². The molecule has 0 unspecified atom stereocenters. The van der Waals surface area contributed by atoms with E-state index in [2.05, 4.69) is 50.3 Å². The second-order valence-electron chi connectivity index (χ2n) is 5.75. The maximum Gasteiger partial charge on any atom is 0.224 e. The highest BCUT2D eigenvalue weighted by molar-refractivity contribution is 5.73. The van der Waals surface area contributed by atoms with Gasteiger partial charge in [0.2, 0.25) is 5.95 Å². The van der Waals surface area contributed by atoms with Crippen LogP contribution < -0.4 is 5.32 Å². The third-order valence-electron chi connectivity index (χ3n) is 3.82. The average molecular weight is 274 g/mol. The molecule has 0 radical (unpaired) electrons. The van der Waals surface area contributed by atoms with E-state index in [1.54, 1.807) is 0 Å². The molecule has 1 saturated carbocycles. The Morgan fingerprint density at radius 2 is 2.15 bits per heavy atom. The minimum Gasteiger partial charge on any atom is -0.353 e. The molecule has 6 nitrogen and oxygen atoms in total. The number of fused-ring (bicyclic) bond motifs is 1. The van der Waals surface area contributed by atoms with Gasteiger partial charge in [-0.05, 0) is 26.9 Å². The smallest absolute Gasteiger partial charge is 0.224 e. The Balaban J connectivity index is 1.73. The van der Waals surface area contributed by atoms with Crippen LogP contribution in [0.4, 0.5) is 5.95 Å². The predicted octanol–water partition coefficient (Wildman–Crippen LogP) is 1.91. The summed E-state index contributed by atoms with van der Waals surface area (Å²) in [6.07, 6.45) is 9.02. The van der Waals surface area contributed by atoms with Crippen molar-refractivity contribution in [1.82, 2.24) is 24.6 Å². The average Bonchev–Trinajstić information content (AvgIpc) is 3.06. The Labute approximate surface area is 119 Å². The summed E-state index contributed by atoms with van der Waals surface area (Å²) in [5.41, 5.74) is 0.791. The molecule has 20 heavy (non-hydrogen) atoms. The van der Waals surface area contributed by atoms with Crippen molar-refractivity contribution in [3.63, 3.8) is 0 Å². The van der Waals surface area contributed by atoms with Gasteiger partial charge in [0.1, 0.15) is 0 Å². The molecule has 6 heteroatoms. The minimum absolute atomic E-state index is 0.550. The van der Waals surface area contributed by atoms with E-state index in [-0.39, 0.29) is 0 Å². The number of hydrogen-bond acceptors (Lipinski definition) is 5. The zero-order valence-electron chi connectivity index (χ0n) is 12.2. The maximum absolute atomic E-state index is 4.61. The lowest BCUT2D eigenvalue weighted by Gasteiger charge is -2.09. The number of nitrogens with one attached hydrogen (secondary N) is 1. The summed E-state index contributed by atoms with van der Waals surface area (Å²) in [4.78, 5) is 11.0. The fourth-order valence-electron chi connectivity index (χ4n) is 2.67. The topological polar surface area (TPSA) is 58.9 Å². The Bertz CT molecular complexity index is 570. The van der Waals surface area contributed by atoms with E-state index in [1.165, 1.54) is 25.7 Å². The predicted molar refractivity (Wildman–Crippen MR) is 79.9 cm³/mol. The Kier molecular flexibility index (Phi) is 3.82. The van der Waals surface area contributed by atoms with Gasteiger partial charge in [0, 0.05) is 25.5 Å². The summed E-state index contributed by atoms with van der Waals surface area (Å²) in [5, 5.41) is 8.87. The van der Waals surface area contributed by atoms with Crippen LogP contribution in [0.3, 0.4) is 0 Å². The first-order valence-corrected chi connectivity index (χ1v) is 7.33. The highest BCUT2D eigenvalue weighted by atomic mass is 15.3. The van der Waals surface area contributed by atoms with E-state index in [4.69, 9.17) is 0 Å². The van der Waals surface area contributed by atoms with Crippen LogP contribution in [0.2, 0.25) is 0 Å². The first kappa shape index (κ1) is 13.3. The molecule has 2 heterocycles. The summed E-state index contributed by atoms with van der Waals surface area (Å²) in [6, 6.07) is 0.550.